The fourth-order valence-electron chi connectivity index (χ4n) is 2.13. The number of aromatic nitrogens is 3. The van der Waals surface area contributed by atoms with Gasteiger partial charge in [0.2, 0.25) is 4.96 Å². The van der Waals surface area contributed by atoms with Gasteiger partial charge < -0.3 is 5.11 Å². The van der Waals surface area contributed by atoms with Gasteiger partial charge in [-0.15, -0.1) is 21.5 Å². The summed E-state index contributed by atoms with van der Waals surface area (Å²) in [5.74, 6) is -0.446. The molecular weight excluding hydrogens is 274 g/mol. The molecule has 1 N–H and O–H groups in total. The standard InChI is InChI=1S/C14H13N3O2S/c1-8-3-4-10(5-9(8)2)11-7-20-14-16-15-12(17(11)14)6-13(18)19/h3-5,7H,6H2,1-2H3,(H,18,19). The molecule has 20 heavy (non-hydrogen) atoms. The van der Waals surface area contributed by atoms with Gasteiger partial charge in [0.25, 0.3) is 0 Å². The smallest absolute Gasteiger partial charge is 0.311 e. The molecule has 0 saturated heterocycles. The van der Waals surface area contributed by atoms with Crippen molar-refractivity contribution in [1.82, 2.24) is 14.6 Å². The first-order valence-corrected chi connectivity index (χ1v) is 7.05. The predicted molar refractivity (Wildman–Crippen MR) is 77.1 cm³/mol. The summed E-state index contributed by atoms with van der Waals surface area (Å²) in [6.07, 6.45) is -0.129. The summed E-state index contributed by atoms with van der Waals surface area (Å²) in [5.41, 5.74) is 4.42. The van der Waals surface area contributed by atoms with E-state index in [1.807, 2.05) is 15.8 Å². The molecule has 0 aliphatic heterocycles. The maximum atomic E-state index is 10.9. The Hall–Kier alpha value is -2.21. The molecule has 0 spiro atoms. The highest BCUT2D eigenvalue weighted by atomic mass is 32.1. The Morgan fingerprint density at radius 1 is 1.30 bits per heavy atom. The largest absolute Gasteiger partial charge is 0.481 e. The van der Waals surface area contributed by atoms with Crippen LogP contribution in [0.25, 0.3) is 16.2 Å². The van der Waals surface area contributed by atoms with Crippen molar-refractivity contribution in [1.29, 1.82) is 0 Å². The average molecular weight is 287 g/mol. The van der Waals surface area contributed by atoms with E-state index >= 15 is 0 Å². The van der Waals surface area contributed by atoms with Crippen LogP contribution in [0.2, 0.25) is 0 Å². The molecule has 0 fully saturated rings. The number of hydrogen-bond donors (Lipinski definition) is 1. The summed E-state index contributed by atoms with van der Waals surface area (Å²) >= 11 is 1.46. The van der Waals surface area contributed by atoms with E-state index in [4.69, 9.17) is 5.11 Å². The van der Waals surface area contributed by atoms with Gasteiger partial charge in [0, 0.05) is 5.38 Å². The molecule has 3 aromatic rings. The Labute approximate surface area is 119 Å². The second-order valence-corrected chi connectivity index (χ2v) is 5.56. The van der Waals surface area contributed by atoms with E-state index in [2.05, 4.69) is 36.2 Å². The summed E-state index contributed by atoms with van der Waals surface area (Å²) in [4.78, 5) is 11.6. The average Bonchev–Trinajstić information content (AvgIpc) is 2.96. The lowest BCUT2D eigenvalue weighted by molar-refractivity contribution is -0.136. The minimum atomic E-state index is -0.906. The van der Waals surface area contributed by atoms with E-state index < -0.39 is 5.97 Å². The molecule has 0 radical (unpaired) electrons. The minimum absolute atomic E-state index is 0.129. The zero-order valence-corrected chi connectivity index (χ0v) is 11.9. The van der Waals surface area contributed by atoms with Gasteiger partial charge in [-0.2, -0.15) is 0 Å². The second kappa shape index (κ2) is 4.72. The molecule has 0 aliphatic rings. The number of aryl methyl sites for hydroxylation is 2. The van der Waals surface area contributed by atoms with Gasteiger partial charge in [-0.1, -0.05) is 12.1 Å². The molecule has 2 heterocycles. The van der Waals surface area contributed by atoms with Gasteiger partial charge in [0.05, 0.1) is 5.69 Å². The number of rotatable bonds is 3. The number of carbonyl (C=O) groups is 1. The molecule has 0 saturated carbocycles. The van der Waals surface area contributed by atoms with Crippen LogP contribution in [0.1, 0.15) is 17.0 Å². The fourth-order valence-corrected chi connectivity index (χ4v) is 2.98. The van der Waals surface area contributed by atoms with Crippen LogP contribution in [0.5, 0.6) is 0 Å². The molecule has 3 rings (SSSR count). The third-order valence-corrected chi connectivity index (χ3v) is 4.15. The molecule has 102 valence electrons. The van der Waals surface area contributed by atoms with Gasteiger partial charge in [-0.25, -0.2) is 0 Å². The molecule has 0 unspecified atom stereocenters. The monoisotopic (exact) mass is 287 g/mol. The summed E-state index contributed by atoms with van der Waals surface area (Å²) in [5, 5.41) is 18.9. The first kappa shape index (κ1) is 12.8. The van der Waals surface area contributed by atoms with Crippen molar-refractivity contribution in [3.05, 3.63) is 40.5 Å². The van der Waals surface area contributed by atoms with Crippen LogP contribution >= 0.6 is 11.3 Å². The number of benzene rings is 1. The van der Waals surface area contributed by atoms with Crippen molar-refractivity contribution in [3.63, 3.8) is 0 Å². The highest BCUT2D eigenvalue weighted by Crippen LogP contribution is 2.28. The van der Waals surface area contributed by atoms with Crippen molar-refractivity contribution in [2.75, 3.05) is 0 Å². The molecule has 5 nitrogen and oxygen atoms in total. The third-order valence-electron chi connectivity index (χ3n) is 3.33. The Kier molecular flexibility index (Phi) is 3.02. The molecule has 0 atom stereocenters. The Morgan fingerprint density at radius 3 is 2.80 bits per heavy atom. The Balaban J connectivity index is 2.17. The van der Waals surface area contributed by atoms with E-state index in [1.54, 1.807) is 0 Å². The molecule has 1 aromatic carbocycles. The SMILES string of the molecule is Cc1ccc(-c2csc3nnc(CC(=O)O)n23)cc1C. The normalized spacial score (nSPS) is 11.1. The highest BCUT2D eigenvalue weighted by Gasteiger charge is 2.15. The zero-order chi connectivity index (χ0) is 14.3. The van der Waals surface area contributed by atoms with Gasteiger partial charge in [0.1, 0.15) is 12.2 Å². The van der Waals surface area contributed by atoms with E-state index in [0.717, 1.165) is 16.2 Å². The van der Waals surface area contributed by atoms with E-state index in [1.165, 1.54) is 22.5 Å². The quantitative estimate of drug-likeness (QED) is 0.804. The number of fused-ring (bicyclic) bond motifs is 1. The maximum Gasteiger partial charge on any atom is 0.311 e. The molecule has 0 bridgehead atoms. The first-order chi connectivity index (χ1) is 9.56. The maximum absolute atomic E-state index is 10.9. The minimum Gasteiger partial charge on any atom is -0.481 e. The molecule has 2 aromatic heterocycles. The van der Waals surface area contributed by atoms with Crippen molar-refractivity contribution in [3.8, 4) is 11.3 Å². The molecule has 0 amide bonds. The number of carboxylic acid groups (broad SMARTS) is 1. The van der Waals surface area contributed by atoms with E-state index in [-0.39, 0.29) is 6.42 Å². The van der Waals surface area contributed by atoms with Crippen LogP contribution in [0, 0.1) is 13.8 Å². The number of nitrogens with zero attached hydrogens (tertiary/aromatic N) is 3. The second-order valence-electron chi connectivity index (χ2n) is 4.72. The molecular formula is C14H13N3O2S. The predicted octanol–water partition coefficient (Wildman–Crippen LogP) is 2.70. The van der Waals surface area contributed by atoms with Crippen molar-refractivity contribution in [2.45, 2.75) is 20.3 Å². The lowest BCUT2D eigenvalue weighted by Crippen LogP contribution is -2.05. The number of carboxylic acids is 1. The molecule has 0 aliphatic carbocycles. The van der Waals surface area contributed by atoms with Crippen LogP contribution < -0.4 is 0 Å². The van der Waals surface area contributed by atoms with Crippen molar-refractivity contribution < 1.29 is 9.90 Å². The zero-order valence-electron chi connectivity index (χ0n) is 11.1. The first-order valence-electron chi connectivity index (χ1n) is 6.17. The van der Waals surface area contributed by atoms with Crippen LogP contribution in [0.3, 0.4) is 0 Å². The summed E-state index contributed by atoms with van der Waals surface area (Å²) in [7, 11) is 0. The van der Waals surface area contributed by atoms with Crippen LogP contribution in [-0.2, 0) is 11.2 Å². The number of hydrogen-bond acceptors (Lipinski definition) is 4. The number of aliphatic carboxylic acids is 1. The van der Waals surface area contributed by atoms with Crippen molar-refractivity contribution in [2.24, 2.45) is 0 Å². The number of thiazole rings is 1. The summed E-state index contributed by atoms with van der Waals surface area (Å²) in [6.45, 7) is 4.13. The van der Waals surface area contributed by atoms with Gasteiger partial charge in [-0.3, -0.25) is 9.20 Å². The van der Waals surface area contributed by atoms with Crippen LogP contribution in [0.4, 0.5) is 0 Å². The van der Waals surface area contributed by atoms with Crippen LogP contribution in [0.15, 0.2) is 23.6 Å². The Morgan fingerprint density at radius 2 is 2.10 bits per heavy atom. The van der Waals surface area contributed by atoms with Gasteiger partial charge >= 0.3 is 5.97 Å². The van der Waals surface area contributed by atoms with Crippen LogP contribution in [-0.4, -0.2) is 25.7 Å². The van der Waals surface area contributed by atoms with E-state index in [0.29, 0.717) is 5.82 Å². The van der Waals surface area contributed by atoms with E-state index in [9.17, 15) is 4.79 Å². The fraction of sp³-hybridized carbons (Fsp3) is 0.214. The topological polar surface area (TPSA) is 67.5 Å². The van der Waals surface area contributed by atoms with Gasteiger partial charge in [0.15, 0.2) is 0 Å². The molecule has 6 heteroatoms. The summed E-state index contributed by atoms with van der Waals surface area (Å²) < 4.78 is 1.82. The van der Waals surface area contributed by atoms with Crippen molar-refractivity contribution >= 4 is 22.3 Å². The van der Waals surface area contributed by atoms with Gasteiger partial charge in [-0.05, 0) is 36.6 Å². The third kappa shape index (κ3) is 2.08. The highest BCUT2D eigenvalue weighted by molar-refractivity contribution is 7.15. The summed E-state index contributed by atoms with van der Waals surface area (Å²) in [6, 6.07) is 6.20. The lowest BCUT2D eigenvalue weighted by atomic mass is 10.0. The Bertz CT molecular complexity index is 804. The lowest BCUT2D eigenvalue weighted by Gasteiger charge is -2.05.